The van der Waals surface area contributed by atoms with Gasteiger partial charge in [-0.15, -0.1) is 0 Å². The summed E-state index contributed by atoms with van der Waals surface area (Å²) in [5, 5.41) is 19.7. The lowest BCUT2D eigenvalue weighted by Crippen LogP contribution is -2.58. The fraction of sp³-hybridized carbons (Fsp3) is 0.917. The lowest BCUT2D eigenvalue weighted by Gasteiger charge is -2.62. The zero-order chi connectivity index (χ0) is 10.0. The summed E-state index contributed by atoms with van der Waals surface area (Å²) in [6, 6.07) is 2.50. The first-order valence-corrected chi connectivity index (χ1v) is 5.60. The van der Waals surface area contributed by atoms with Gasteiger partial charge in [-0.25, -0.2) is 0 Å². The molecule has 0 spiro atoms. The summed E-state index contributed by atoms with van der Waals surface area (Å²) in [7, 11) is 0. The normalized spacial score (nSPS) is 59.9. The van der Waals surface area contributed by atoms with Gasteiger partial charge in [-0.1, -0.05) is 6.92 Å². The molecule has 4 atom stereocenters. The molecule has 4 bridgehead atoms. The Morgan fingerprint density at radius 3 is 2.57 bits per heavy atom. The van der Waals surface area contributed by atoms with Crippen LogP contribution < -0.4 is 0 Å². The maximum Gasteiger partial charge on any atom is 0.0691 e. The molecular weight excluding hydrogens is 174 g/mol. The molecule has 4 aliphatic rings. The molecule has 4 fully saturated rings. The van der Waals surface area contributed by atoms with Gasteiger partial charge >= 0.3 is 0 Å². The fourth-order valence-corrected chi connectivity index (χ4v) is 4.99. The highest BCUT2D eigenvalue weighted by molar-refractivity contribution is 5.18. The first-order valence-electron chi connectivity index (χ1n) is 5.60. The van der Waals surface area contributed by atoms with E-state index in [2.05, 4.69) is 13.0 Å². The number of rotatable bonds is 0. The Kier molecular flexibility index (Phi) is 1.35. The summed E-state index contributed by atoms with van der Waals surface area (Å²) in [6.45, 7) is 2.26. The van der Waals surface area contributed by atoms with Gasteiger partial charge in [0.15, 0.2) is 0 Å². The molecule has 0 heterocycles. The SMILES string of the molecule is CC12CC3CC(O)(C1)CC(C#N)(C3)C2. The van der Waals surface area contributed by atoms with Crippen molar-refractivity contribution in [2.75, 3.05) is 0 Å². The topological polar surface area (TPSA) is 44.0 Å². The zero-order valence-corrected chi connectivity index (χ0v) is 8.71. The van der Waals surface area contributed by atoms with Crippen LogP contribution in [0.1, 0.15) is 45.4 Å². The Morgan fingerprint density at radius 1 is 1.21 bits per heavy atom. The number of aliphatic hydroxyl groups is 1. The maximum atomic E-state index is 10.4. The van der Waals surface area contributed by atoms with E-state index in [9.17, 15) is 10.4 Å². The fourth-order valence-electron chi connectivity index (χ4n) is 4.99. The van der Waals surface area contributed by atoms with E-state index < -0.39 is 5.60 Å². The van der Waals surface area contributed by atoms with Crippen LogP contribution >= 0.6 is 0 Å². The predicted octanol–water partition coefficient (Wildman–Crippen LogP) is 2.23. The summed E-state index contributed by atoms with van der Waals surface area (Å²) < 4.78 is 0. The zero-order valence-electron chi connectivity index (χ0n) is 8.71. The maximum absolute atomic E-state index is 10.4. The van der Waals surface area contributed by atoms with Gasteiger partial charge < -0.3 is 5.11 Å². The molecule has 0 aromatic carbocycles. The Bertz CT molecular complexity index is 312. The lowest BCUT2D eigenvalue weighted by atomic mass is 9.43. The van der Waals surface area contributed by atoms with Crippen molar-refractivity contribution in [3.8, 4) is 6.07 Å². The average molecular weight is 191 g/mol. The highest BCUT2D eigenvalue weighted by Crippen LogP contribution is 2.66. The first kappa shape index (κ1) is 8.73. The van der Waals surface area contributed by atoms with Crippen molar-refractivity contribution < 1.29 is 5.11 Å². The van der Waals surface area contributed by atoms with E-state index in [1.165, 1.54) is 6.42 Å². The molecule has 2 heteroatoms. The highest BCUT2D eigenvalue weighted by Gasteiger charge is 2.61. The first-order chi connectivity index (χ1) is 6.47. The second-order valence-corrected chi connectivity index (χ2v) is 6.44. The van der Waals surface area contributed by atoms with Crippen LogP contribution in [0.5, 0.6) is 0 Å². The third-order valence-electron chi connectivity index (χ3n) is 4.56. The second kappa shape index (κ2) is 2.17. The summed E-state index contributed by atoms with van der Waals surface area (Å²) >= 11 is 0. The molecule has 4 unspecified atom stereocenters. The third kappa shape index (κ3) is 0.995. The minimum atomic E-state index is -0.496. The Labute approximate surface area is 84.9 Å². The molecule has 4 saturated carbocycles. The Morgan fingerprint density at radius 2 is 2.00 bits per heavy atom. The highest BCUT2D eigenvalue weighted by atomic mass is 16.3. The largest absolute Gasteiger partial charge is 0.390 e. The van der Waals surface area contributed by atoms with Crippen molar-refractivity contribution in [1.82, 2.24) is 0 Å². The molecule has 0 aromatic rings. The molecule has 76 valence electrons. The van der Waals surface area contributed by atoms with Crippen molar-refractivity contribution in [3.63, 3.8) is 0 Å². The molecule has 1 N–H and O–H groups in total. The van der Waals surface area contributed by atoms with Gasteiger partial charge in [0.2, 0.25) is 0 Å². The van der Waals surface area contributed by atoms with E-state index in [1.54, 1.807) is 0 Å². The van der Waals surface area contributed by atoms with Crippen LogP contribution in [0.4, 0.5) is 0 Å². The number of hydrogen-bond acceptors (Lipinski definition) is 2. The van der Waals surface area contributed by atoms with Gasteiger partial charge in [0.25, 0.3) is 0 Å². The molecule has 2 nitrogen and oxygen atoms in total. The van der Waals surface area contributed by atoms with Crippen molar-refractivity contribution in [2.24, 2.45) is 16.7 Å². The van der Waals surface area contributed by atoms with E-state index in [1.807, 2.05) is 0 Å². The van der Waals surface area contributed by atoms with E-state index in [4.69, 9.17) is 0 Å². The smallest absolute Gasteiger partial charge is 0.0691 e. The van der Waals surface area contributed by atoms with Crippen molar-refractivity contribution in [2.45, 2.75) is 51.0 Å². The number of nitriles is 1. The summed E-state index contributed by atoms with van der Waals surface area (Å²) in [6.07, 6.45) is 5.92. The standard InChI is InChI=1S/C12H17NO/c1-10-2-9-3-11(5-10,8-13)7-12(14,4-9)6-10/h9,14H,2-7H2,1H3. The van der Waals surface area contributed by atoms with E-state index in [0.29, 0.717) is 5.92 Å². The molecule has 14 heavy (non-hydrogen) atoms. The lowest BCUT2D eigenvalue weighted by molar-refractivity contribution is -0.177. The van der Waals surface area contributed by atoms with Crippen molar-refractivity contribution in [3.05, 3.63) is 0 Å². The van der Waals surface area contributed by atoms with Gasteiger partial charge in [-0.05, 0) is 49.9 Å². The van der Waals surface area contributed by atoms with Gasteiger partial charge in [0.1, 0.15) is 0 Å². The molecule has 0 radical (unpaired) electrons. The molecule has 4 aliphatic carbocycles. The van der Waals surface area contributed by atoms with Gasteiger partial charge in [-0.3, -0.25) is 0 Å². The monoisotopic (exact) mass is 191 g/mol. The summed E-state index contributed by atoms with van der Waals surface area (Å²) in [4.78, 5) is 0. The molecule has 0 aromatic heterocycles. The third-order valence-corrected chi connectivity index (χ3v) is 4.56. The average Bonchev–Trinajstić information content (AvgIpc) is 1.97. The van der Waals surface area contributed by atoms with E-state index >= 15 is 0 Å². The molecule has 0 saturated heterocycles. The quantitative estimate of drug-likeness (QED) is 0.638. The van der Waals surface area contributed by atoms with Gasteiger partial charge in [-0.2, -0.15) is 5.26 Å². The van der Waals surface area contributed by atoms with Crippen molar-refractivity contribution in [1.29, 1.82) is 5.26 Å². The minimum Gasteiger partial charge on any atom is -0.390 e. The van der Waals surface area contributed by atoms with Gasteiger partial charge in [0.05, 0.1) is 17.1 Å². The Balaban J connectivity index is 2.06. The molecular formula is C12H17NO. The van der Waals surface area contributed by atoms with Crippen LogP contribution in [-0.4, -0.2) is 10.7 Å². The summed E-state index contributed by atoms with van der Waals surface area (Å²) in [5.41, 5.74) is -0.420. The van der Waals surface area contributed by atoms with Crippen molar-refractivity contribution >= 4 is 0 Å². The molecule has 0 amide bonds. The molecule has 4 rings (SSSR count). The Hall–Kier alpha value is -0.550. The van der Waals surface area contributed by atoms with Gasteiger partial charge in [0, 0.05) is 0 Å². The second-order valence-electron chi connectivity index (χ2n) is 6.44. The van der Waals surface area contributed by atoms with Crippen LogP contribution in [0, 0.1) is 28.1 Å². The van der Waals surface area contributed by atoms with Crippen LogP contribution in [0.25, 0.3) is 0 Å². The van der Waals surface area contributed by atoms with E-state index in [0.717, 1.165) is 32.1 Å². The van der Waals surface area contributed by atoms with Crippen LogP contribution in [-0.2, 0) is 0 Å². The minimum absolute atomic E-state index is 0.178. The molecule has 0 aliphatic heterocycles. The number of hydrogen-bond donors (Lipinski definition) is 1. The van der Waals surface area contributed by atoms with E-state index in [-0.39, 0.29) is 10.8 Å². The summed E-state index contributed by atoms with van der Waals surface area (Å²) in [5.74, 6) is 0.612. The van der Waals surface area contributed by atoms with Crippen LogP contribution in [0.3, 0.4) is 0 Å². The predicted molar refractivity (Wildman–Crippen MR) is 52.3 cm³/mol. The van der Waals surface area contributed by atoms with Crippen LogP contribution in [0.2, 0.25) is 0 Å². The van der Waals surface area contributed by atoms with Crippen LogP contribution in [0.15, 0.2) is 0 Å². The number of nitrogens with zero attached hydrogens (tertiary/aromatic N) is 1.